The third-order valence-corrected chi connectivity index (χ3v) is 5.19. The number of pyridine rings is 1. The van der Waals surface area contributed by atoms with Crippen LogP contribution in [0, 0.1) is 17.2 Å². The molecule has 2 unspecified atom stereocenters. The zero-order valence-electron chi connectivity index (χ0n) is 14.2. The van der Waals surface area contributed by atoms with Crippen molar-refractivity contribution in [2.24, 2.45) is 5.92 Å². The Morgan fingerprint density at radius 1 is 1.48 bits per heavy atom. The van der Waals surface area contributed by atoms with Crippen LogP contribution in [-0.4, -0.2) is 46.1 Å². The number of fused-ring (bicyclic) bond motifs is 1. The summed E-state index contributed by atoms with van der Waals surface area (Å²) in [5.74, 6) is 0.360. The fraction of sp³-hybridized carbons (Fsp3) is 0.500. The van der Waals surface area contributed by atoms with Crippen LogP contribution in [0.25, 0.3) is 11.0 Å². The average Bonchev–Trinajstić information content (AvgIpc) is 3.14. The molecular weight excluding hydrogens is 316 g/mol. The quantitative estimate of drug-likeness (QED) is 0.797. The van der Waals surface area contributed by atoms with E-state index < -0.39 is 0 Å². The average molecular weight is 338 g/mol. The molecule has 1 saturated carbocycles. The number of aromatic nitrogens is 2. The van der Waals surface area contributed by atoms with Gasteiger partial charge in [-0.05, 0) is 31.2 Å². The molecule has 1 aliphatic carbocycles. The van der Waals surface area contributed by atoms with Crippen molar-refractivity contribution in [1.29, 1.82) is 5.26 Å². The van der Waals surface area contributed by atoms with Crippen LogP contribution >= 0.6 is 0 Å². The Hall–Kier alpha value is -2.75. The van der Waals surface area contributed by atoms with E-state index in [1.807, 2.05) is 17.2 Å². The molecule has 3 heterocycles. The van der Waals surface area contributed by atoms with Crippen LogP contribution < -0.4 is 10.6 Å². The molecule has 7 heteroatoms. The second kappa shape index (κ2) is 6.28. The van der Waals surface area contributed by atoms with Crippen molar-refractivity contribution in [2.75, 3.05) is 18.4 Å². The molecule has 2 amide bonds. The first-order chi connectivity index (χ1) is 12.2. The fourth-order valence-corrected chi connectivity index (χ4v) is 3.54. The minimum atomic E-state index is 0.0345. The van der Waals surface area contributed by atoms with Crippen molar-refractivity contribution in [1.82, 2.24) is 20.2 Å². The molecule has 4 rings (SSSR count). The molecule has 0 radical (unpaired) electrons. The third-order valence-electron chi connectivity index (χ3n) is 5.19. The molecule has 2 fully saturated rings. The number of amides is 2. The van der Waals surface area contributed by atoms with Crippen LogP contribution in [0.15, 0.2) is 18.5 Å². The number of nitriles is 1. The summed E-state index contributed by atoms with van der Waals surface area (Å²) in [6.45, 7) is 3.54. The van der Waals surface area contributed by atoms with Crippen LogP contribution in [0.5, 0.6) is 0 Å². The first-order valence-electron chi connectivity index (χ1n) is 8.87. The van der Waals surface area contributed by atoms with Crippen LogP contribution in [0.3, 0.4) is 0 Å². The van der Waals surface area contributed by atoms with Gasteiger partial charge in [-0.1, -0.05) is 6.92 Å². The number of rotatable bonds is 4. The Bertz CT molecular complexity index is 834. The zero-order valence-corrected chi connectivity index (χ0v) is 14.2. The van der Waals surface area contributed by atoms with Gasteiger partial charge in [-0.3, -0.25) is 0 Å². The highest BCUT2D eigenvalue weighted by Gasteiger charge is 2.36. The van der Waals surface area contributed by atoms with Gasteiger partial charge in [0, 0.05) is 43.0 Å². The van der Waals surface area contributed by atoms with Crippen LogP contribution in [-0.2, 0) is 0 Å². The van der Waals surface area contributed by atoms with Gasteiger partial charge in [0.1, 0.15) is 11.7 Å². The summed E-state index contributed by atoms with van der Waals surface area (Å²) in [6, 6.07) is 4.68. The lowest BCUT2D eigenvalue weighted by Gasteiger charge is -2.21. The largest absolute Gasteiger partial charge is 0.378 e. The van der Waals surface area contributed by atoms with E-state index in [0.717, 1.165) is 42.5 Å². The SMILES string of the molecule is CCC1CN(C(=O)NC2CC2)CC1Nc1c(C#N)cnc2[nH]ccc12. The van der Waals surface area contributed by atoms with Gasteiger partial charge in [-0.15, -0.1) is 0 Å². The molecule has 1 aliphatic heterocycles. The number of urea groups is 1. The topological polar surface area (TPSA) is 96.8 Å². The van der Waals surface area contributed by atoms with Crippen molar-refractivity contribution in [3.8, 4) is 6.07 Å². The lowest BCUT2D eigenvalue weighted by atomic mass is 10.00. The Morgan fingerprint density at radius 3 is 3.04 bits per heavy atom. The van der Waals surface area contributed by atoms with Crippen molar-refractivity contribution < 1.29 is 4.79 Å². The molecule has 2 aromatic heterocycles. The van der Waals surface area contributed by atoms with E-state index in [1.54, 1.807) is 6.20 Å². The van der Waals surface area contributed by atoms with Crippen LogP contribution in [0.4, 0.5) is 10.5 Å². The molecule has 3 N–H and O–H groups in total. The Kier molecular flexibility index (Phi) is 3.96. The normalized spacial score (nSPS) is 22.8. The minimum Gasteiger partial charge on any atom is -0.378 e. The van der Waals surface area contributed by atoms with Gasteiger partial charge in [0.25, 0.3) is 0 Å². The second-order valence-electron chi connectivity index (χ2n) is 6.95. The smallest absolute Gasteiger partial charge is 0.317 e. The first-order valence-corrected chi connectivity index (χ1v) is 8.87. The summed E-state index contributed by atoms with van der Waals surface area (Å²) in [5, 5.41) is 17.0. The van der Waals surface area contributed by atoms with Gasteiger partial charge in [0.05, 0.1) is 11.3 Å². The standard InChI is InChI=1S/C18H22N6O/c1-2-11-9-24(18(25)22-13-3-4-13)10-15(11)23-16-12(7-19)8-21-17-14(16)5-6-20-17/h5-6,8,11,13,15H,2-4,9-10H2,1H3,(H,22,25)(H2,20,21,23). The van der Waals surface area contributed by atoms with Crippen LogP contribution in [0.1, 0.15) is 31.7 Å². The second-order valence-corrected chi connectivity index (χ2v) is 6.95. The lowest BCUT2D eigenvalue weighted by molar-refractivity contribution is 0.206. The maximum absolute atomic E-state index is 12.4. The maximum atomic E-state index is 12.4. The molecule has 25 heavy (non-hydrogen) atoms. The number of nitrogens with zero attached hydrogens (tertiary/aromatic N) is 3. The number of aromatic amines is 1. The maximum Gasteiger partial charge on any atom is 0.317 e. The third kappa shape index (κ3) is 3.00. The molecule has 130 valence electrons. The fourth-order valence-electron chi connectivity index (χ4n) is 3.54. The van der Waals surface area contributed by atoms with Crippen molar-refractivity contribution >= 4 is 22.8 Å². The van der Waals surface area contributed by atoms with E-state index in [1.165, 1.54) is 0 Å². The van der Waals surface area contributed by atoms with Gasteiger partial charge >= 0.3 is 6.03 Å². The van der Waals surface area contributed by atoms with Gasteiger partial charge in [0.15, 0.2) is 0 Å². The summed E-state index contributed by atoms with van der Waals surface area (Å²) in [6.07, 6.45) is 6.58. The summed E-state index contributed by atoms with van der Waals surface area (Å²) in [4.78, 5) is 21.6. The Morgan fingerprint density at radius 2 is 2.32 bits per heavy atom. The van der Waals surface area contributed by atoms with Crippen molar-refractivity contribution in [3.05, 3.63) is 24.0 Å². The predicted octanol–water partition coefficient (Wildman–Crippen LogP) is 2.43. The van der Waals surface area contributed by atoms with Crippen molar-refractivity contribution in [2.45, 2.75) is 38.3 Å². The van der Waals surface area contributed by atoms with Gasteiger partial charge < -0.3 is 20.5 Å². The van der Waals surface area contributed by atoms with E-state index in [4.69, 9.17) is 0 Å². The highest BCUT2D eigenvalue weighted by molar-refractivity contribution is 5.92. The monoisotopic (exact) mass is 338 g/mol. The number of hydrogen-bond donors (Lipinski definition) is 3. The Balaban J connectivity index is 1.56. The van der Waals surface area contributed by atoms with E-state index in [2.05, 4.69) is 33.6 Å². The summed E-state index contributed by atoms with van der Waals surface area (Å²) in [7, 11) is 0. The number of hydrogen-bond acceptors (Lipinski definition) is 4. The van der Waals surface area contributed by atoms with Crippen LogP contribution in [0.2, 0.25) is 0 Å². The van der Waals surface area contributed by atoms with Crippen molar-refractivity contribution in [3.63, 3.8) is 0 Å². The number of anilines is 1. The molecular formula is C18H22N6O. The number of carbonyl (C=O) groups excluding carboxylic acids is 1. The van der Waals surface area contributed by atoms with E-state index in [0.29, 0.717) is 24.1 Å². The van der Waals surface area contributed by atoms with Gasteiger partial charge in [-0.2, -0.15) is 5.26 Å². The molecule has 0 bridgehead atoms. The molecule has 2 aromatic rings. The minimum absolute atomic E-state index is 0.0345. The highest BCUT2D eigenvalue weighted by atomic mass is 16.2. The number of likely N-dealkylation sites (tertiary alicyclic amines) is 1. The van der Waals surface area contributed by atoms with Gasteiger partial charge in [0.2, 0.25) is 0 Å². The molecule has 2 atom stereocenters. The first kappa shape index (κ1) is 15.8. The molecule has 1 saturated heterocycles. The lowest BCUT2D eigenvalue weighted by Crippen LogP contribution is -2.40. The zero-order chi connectivity index (χ0) is 17.4. The number of nitrogens with one attached hydrogen (secondary N) is 3. The number of carbonyl (C=O) groups is 1. The summed E-state index contributed by atoms with van der Waals surface area (Å²) < 4.78 is 0. The molecule has 7 nitrogen and oxygen atoms in total. The highest BCUT2D eigenvalue weighted by Crippen LogP contribution is 2.30. The molecule has 0 spiro atoms. The summed E-state index contributed by atoms with van der Waals surface area (Å²) >= 11 is 0. The predicted molar refractivity (Wildman–Crippen MR) is 95.1 cm³/mol. The Labute approximate surface area is 146 Å². The summed E-state index contributed by atoms with van der Waals surface area (Å²) in [5.41, 5.74) is 2.10. The number of H-pyrrole nitrogens is 1. The van der Waals surface area contributed by atoms with E-state index >= 15 is 0 Å². The molecule has 0 aromatic carbocycles. The van der Waals surface area contributed by atoms with Gasteiger partial charge in [-0.25, -0.2) is 9.78 Å². The van der Waals surface area contributed by atoms with E-state index in [-0.39, 0.29) is 12.1 Å². The molecule has 2 aliphatic rings. The van der Waals surface area contributed by atoms with E-state index in [9.17, 15) is 10.1 Å².